The molecule has 0 unspecified atom stereocenters. The van der Waals surface area contributed by atoms with Crippen LogP contribution in [0.3, 0.4) is 0 Å². The molecule has 0 bridgehead atoms. The molecule has 0 aromatic heterocycles. The Labute approximate surface area is 135 Å². The summed E-state index contributed by atoms with van der Waals surface area (Å²) in [7, 11) is 3.07. The first-order valence-electron chi connectivity index (χ1n) is 7.62. The minimum absolute atomic E-state index is 0.261. The van der Waals surface area contributed by atoms with Gasteiger partial charge >= 0.3 is 5.97 Å². The van der Waals surface area contributed by atoms with Gasteiger partial charge < -0.3 is 14.8 Å². The predicted molar refractivity (Wildman–Crippen MR) is 85.8 cm³/mol. The van der Waals surface area contributed by atoms with E-state index in [-0.39, 0.29) is 12.0 Å². The summed E-state index contributed by atoms with van der Waals surface area (Å²) in [6, 6.07) is 3.79. The summed E-state index contributed by atoms with van der Waals surface area (Å²) in [5.41, 5.74) is 6.58. The van der Waals surface area contributed by atoms with Crippen molar-refractivity contribution in [2.75, 3.05) is 20.8 Å². The smallest absolute Gasteiger partial charge is 0.322 e. The molecule has 2 heterocycles. The van der Waals surface area contributed by atoms with E-state index < -0.39 is 5.60 Å². The topological polar surface area (TPSA) is 68.8 Å². The van der Waals surface area contributed by atoms with Crippen molar-refractivity contribution < 1.29 is 19.1 Å². The molecular formula is C17H22N2O4. The highest BCUT2D eigenvalue weighted by molar-refractivity contribution is 5.77. The maximum Gasteiger partial charge on any atom is 0.322 e. The van der Waals surface area contributed by atoms with Crippen molar-refractivity contribution in [2.24, 2.45) is 0 Å². The van der Waals surface area contributed by atoms with Gasteiger partial charge in [-0.15, -0.1) is 0 Å². The first-order valence-corrected chi connectivity index (χ1v) is 7.62. The number of carbonyl (C=O) groups is 1. The van der Waals surface area contributed by atoms with E-state index in [4.69, 9.17) is 14.3 Å². The van der Waals surface area contributed by atoms with Gasteiger partial charge in [0, 0.05) is 18.5 Å². The number of rotatable bonds is 3. The molecule has 0 aliphatic carbocycles. The molecule has 1 aromatic carbocycles. The van der Waals surface area contributed by atoms with Crippen LogP contribution in [0.5, 0.6) is 5.75 Å². The molecule has 1 aromatic rings. The van der Waals surface area contributed by atoms with Crippen molar-refractivity contribution in [1.29, 1.82) is 0 Å². The van der Waals surface area contributed by atoms with Crippen LogP contribution in [0, 0.1) is 13.8 Å². The molecule has 6 nitrogen and oxygen atoms in total. The Hall–Kier alpha value is -2.05. The quantitative estimate of drug-likeness (QED) is 0.823. The molecule has 2 atom stereocenters. The van der Waals surface area contributed by atoms with Crippen molar-refractivity contribution in [3.8, 4) is 5.75 Å². The first kappa shape index (κ1) is 15.8. The molecule has 124 valence electrons. The van der Waals surface area contributed by atoms with Gasteiger partial charge in [-0.1, -0.05) is 0 Å². The largest absolute Gasteiger partial charge is 0.496 e. The summed E-state index contributed by atoms with van der Waals surface area (Å²) in [6.07, 6.45) is 2.59. The van der Waals surface area contributed by atoms with Gasteiger partial charge in [0.2, 0.25) is 0 Å². The van der Waals surface area contributed by atoms with E-state index in [1.165, 1.54) is 7.11 Å². The third kappa shape index (κ3) is 2.80. The lowest BCUT2D eigenvalue weighted by atomic mass is 9.96. The third-order valence-electron chi connectivity index (χ3n) is 4.43. The number of benzene rings is 1. The fourth-order valence-electron chi connectivity index (χ4n) is 3.33. The van der Waals surface area contributed by atoms with Crippen LogP contribution >= 0.6 is 0 Å². The lowest BCUT2D eigenvalue weighted by Crippen LogP contribution is -2.32. The number of carbonyl (C=O) groups excluding carboxylic acids is 1. The zero-order valence-corrected chi connectivity index (χ0v) is 13.9. The van der Waals surface area contributed by atoms with E-state index in [9.17, 15) is 4.79 Å². The molecule has 0 radical (unpaired) electrons. The Morgan fingerprint density at radius 1 is 1.30 bits per heavy atom. The maximum atomic E-state index is 11.7. The summed E-state index contributed by atoms with van der Waals surface area (Å²) in [6.45, 7) is 4.61. The van der Waals surface area contributed by atoms with Crippen LogP contribution in [0.2, 0.25) is 0 Å². The van der Waals surface area contributed by atoms with E-state index in [2.05, 4.69) is 22.9 Å². The van der Waals surface area contributed by atoms with Crippen LogP contribution in [0.1, 0.15) is 23.1 Å². The summed E-state index contributed by atoms with van der Waals surface area (Å²) >= 11 is 0. The van der Waals surface area contributed by atoms with Gasteiger partial charge in [-0.3, -0.25) is 15.1 Å². The van der Waals surface area contributed by atoms with Crippen LogP contribution in [-0.4, -0.2) is 38.4 Å². The first-order chi connectivity index (χ1) is 11.0. The summed E-state index contributed by atoms with van der Waals surface area (Å²) in [5.74, 6) is 0.639. The molecule has 23 heavy (non-hydrogen) atoms. The highest BCUT2D eigenvalue weighted by Gasteiger charge is 2.45. The molecule has 2 N–H and O–H groups in total. The maximum absolute atomic E-state index is 11.7. The zero-order valence-electron chi connectivity index (χ0n) is 13.9. The second kappa shape index (κ2) is 5.86. The Morgan fingerprint density at radius 2 is 2.00 bits per heavy atom. The average Bonchev–Trinajstić information content (AvgIpc) is 3.14. The Bertz CT molecular complexity index is 648. The summed E-state index contributed by atoms with van der Waals surface area (Å²) in [5, 5.41) is 3.15. The number of methoxy groups -OCH3 is 2. The van der Waals surface area contributed by atoms with Gasteiger partial charge in [0.1, 0.15) is 17.4 Å². The summed E-state index contributed by atoms with van der Waals surface area (Å²) in [4.78, 5) is 17.5. The van der Waals surface area contributed by atoms with Gasteiger partial charge in [0.05, 0.1) is 19.9 Å². The van der Waals surface area contributed by atoms with Crippen LogP contribution < -0.4 is 15.5 Å². The second-order valence-corrected chi connectivity index (χ2v) is 6.13. The number of aryl methyl sites for hydroxylation is 2. The molecule has 0 amide bonds. The van der Waals surface area contributed by atoms with Crippen LogP contribution in [0.25, 0.3) is 5.70 Å². The highest BCUT2D eigenvalue weighted by Crippen LogP contribution is 2.35. The third-order valence-corrected chi connectivity index (χ3v) is 4.43. The van der Waals surface area contributed by atoms with Gasteiger partial charge in [-0.2, -0.15) is 0 Å². The lowest BCUT2D eigenvalue weighted by molar-refractivity contribution is -0.143. The Morgan fingerprint density at radius 3 is 2.61 bits per heavy atom. The fraction of sp³-hybridized carbons (Fsp3) is 0.471. The number of hydrogen-bond acceptors (Lipinski definition) is 6. The fourth-order valence-corrected chi connectivity index (χ4v) is 3.33. The molecule has 2 aliphatic heterocycles. The zero-order chi connectivity index (χ0) is 16.6. The molecule has 2 aliphatic rings. The molecule has 1 fully saturated rings. The van der Waals surface area contributed by atoms with E-state index >= 15 is 0 Å². The van der Waals surface area contributed by atoms with Crippen molar-refractivity contribution >= 4 is 11.7 Å². The van der Waals surface area contributed by atoms with E-state index in [1.54, 1.807) is 7.11 Å². The van der Waals surface area contributed by atoms with Gasteiger partial charge in [-0.05, 0) is 43.2 Å². The molecule has 1 saturated heterocycles. The molecule has 3 rings (SSSR count). The van der Waals surface area contributed by atoms with Crippen molar-refractivity contribution in [3.63, 3.8) is 0 Å². The number of esters is 1. The van der Waals surface area contributed by atoms with E-state index in [1.807, 2.05) is 19.9 Å². The van der Waals surface area contributed by atoms with Crippen molar-refractivity contribution in [1.82, 2.24) is 10.8 Å². The predicted octanol–water partition coefficient (Wildman–Crippen LogP) is 1.46. The normalized spacial score (nSPS) is 26.1. The van der Waals surface area contributed by atoms with Gasteiger partial charge in [0.25, 0.3) is 0 Å². The number of nitrogens with one attached hydrogen (secondary N) is 2. The SMILES string of the molecule is COC(=O)[C@@H]1C[C@]2(C=C(c3cc(C)c(OC)c(C)c3)NO2)CN1. The van der Waals surface area contributed by atoms with Crippen LogP contribution in [0.15, 0.2) is 18.2 Å². The lowest BCUT2D eigenvalue weighted by Gasteiger charge is -2.17. The Balaban J connectivity index is 1.85. The van der Waals surface area contributed by atoms with E-state index in [0.29, 0.717) is 13.0 Å². The second-order valence-electron chi connectivity index (χ2n) is 6.13. The minimum atomic E-state index is -0.518. The minimum Gasteiger partial charge on any atom is -0.496 e. The van der Waals surface area contributed by atoms with E-state index in [0.717, 1.165) is 28.1 Å². The molecule has 0 saturated carbocycles. The monoisotopic (exact) mass is 318 g/mol. The van der Waals surface area contributed by atoms with Crippen molar-refractivity contribution in [2.45, 2.75) is 31.9 Å². The number of ether oxygens (including phenoxy) is 2. The average molecular weight is 318 g/mol. The van der Waals surface area contributed by atoms with Gasteiger partial charge in [-0.25, -0.2) is 0 Å². The standard InChI is InChI=1S/C17H22N2O4/c1-10-5-12(6-11(2)15(10)21-3)13-7-17(23-19-13)8-14(18-9-17)16(20)22-4/h5-7,14,18-19H,8-9H2,1-4H3/t14-,17+/m0/s1. The Kier molecular flexibility index (Phi) is 4.04. The number of hydrogen-bond donors (Lipinski definition) is 2. The summed E-state index contributed by atoms with van der Waals surface area (Å²) < 4.78 is 10.2. The number of hydroxylamine groups is 1. The molecular weight excluding hydrogens is 296 g/mol. The van der Waals surface area contributed by atoms with Crippen LogP contribution in [-0.2, 0) is 14.4 Å². The highest BCUT2D eigenvalue weighted by atomic mass is 16.7. The van der Waals surface area contributed by atoms with Crippen molar-refractivity contribution in [3.05, 3.63) is 34.9 Å². The van der Waals surface area contributed by atoms with Gasteiger partial charge in [0.15, 0.2) is 0 Å². The van der Waals surface area contributed by atoms with Crippen LogP contribution in [0.4, 0.5) is 0 Å². The molecule has 1 spiro atoms. The molecule has 6 heteroatoms.